The summed E-state index contributed by atoms with van der Waals surface area (Å²) in [6.07, 6.45) is 2.70. The maximum atomic E-state index is 12.3. The van der Waals surface area contributed by atoms with E-state index in [0.717, 1.165) is 17.5 Å². The van der Waals surface area contributed by atoms with Gasteiger partial charge in [-0.1, -0.05) is 47.1 Å². The zero-order valence-corrected chi connectivity index (χ0v) is 14.6. The minimum Gasteiger partial charge on any atom is -0.361 e. The fraction of sp³-hybridized carbons (Fsp3) is 0.100. The van der Waals surface area contributed by atoms with Gasteiger partial charge in [0.05, 0.1) is 5.02 Å². The molecule has 0 saturated heterocycles. The number of nitrogens with zero attached hydrogens (tertiary/aromatic N) is 1. The van der Waals surface area contributed by atoms with Gasteiger partial charge in [0, 0.05) is 35.3 Å². The number of halogens is 1. The molecule has 0 unspecified atom stereocenters. The molecular formula is C20H16ClN3O2. The van der Waals surface area contributed by atoms with Gasteiger partial charge in [0.2, 0.25) is 0 Å². The van der Waals surface area contributed by atoms with E-state index in [9.17, 15) is 4.79 Å². The van der Waals surface area contributed by atoms with E-state index in [0.29, 0.717) is 22.9 Å². The van der Waals surface area contributed by atoms with E-state index in [-0.39, 0.29) is 11.6 Å². The predicted octanol–water partition coefficient (Wildman–Crippen LogP) is 4.45. The van der Waals surface area contributed by atoms with E-state index in [1.165, 1.54) is 5.39 Å². The van der Waals surface area contributed by atoms with E-state index in [1.54, 1.807) is 12.1 Å². The highest BCUT2D eigenvalue weighted by atomic mass is 35.5. The molecule has 5 nitrogen and oxygen atoms in total. The van der Waals surface area contributed by atoms with Gasteiger partial charge >= 0.3 is 0 Å². The van der Waals surface area contributed by atoms with Crippen molar-refractivity contribution < 1.29 is 9.32 Å². The minimum atomic E-state index is -0.271. The summed E-state index contributed by atoms with van der Waals surface area (Å²) in [7, 11) is 0. The van der Waals surface area contributed by atoms with Gasteiger partial charge in [-0.2, -0.15) is 0 Å². The van der Waals surface area contributed by atoms with Crippen LogP contribution >= 0.6 is 11.6 Å². The van der Waals surface area contributed by atoms with Crippen LogP contribution in [0.4, 0.5) is 0 Å². The van der Waals surface area contributed by atoms with Gasteiger partial charge in [-0.15, -0.1) is 0 Å². The molecule has 2 aromatic heterocycles. The Morgan fingerprint density at radius 3 is 2.85 bits per heavy atom. The van der Waals surface area contributed by atoms with Gasteiger partial charge in [-0.3, -0.25) is 4.79 Å². The lowest BCUT2D eigenvalue weighted by Crippen LogP contribution is -2.25. The largest absolute Gasteiger partial charge is 0.361 e. The first-order chi connectivity index (χ1) is 12.7. The zero-order chi connectivity index (χ0) is 17.9. The van der Waals surface area contributed by atoms with Crippen molar-refractivity contribution in [2.45, 2.75) is 6.42 Å². The molecule has 1 amide bonds. The summed E-state index contributed by atoms with van der Waals surface area (Å²) in [6, 6.07) is 17.0. The summed E-state index contributed by atoms with van der Waals surface area (Å²) < 4.78 is 5.26. The van der Waals surface area contributed by atoms with Crippen molar-refractivity contribution in [3.05, 3.63) is 77.1 Å². The molecule has 4 aromatic rings. The van der Waals surface area contributed by atoms with Crippen LogP contribution in [-0.2, 0) is 6.42 Å². The minimum absolute atomic E-state index is 0.235. The second-order valence-corrected chi connectivity index (χ2v) is 6.33. The summed E-state index contributed by atoms with van der Waals surface area (Å²) in [5.41, 5.74) is 3.20. The molecule has 2 aromatic carbocycles. The van der Waals surface area contributed by atoms with Crippen LogP contribution in [0.2, 0.25) is 5.02 Å². The lowest BCUT2D eigenvalue weighted by atomic mass is 10.1. The fourth-order valence-electron chi connectivity index (χ4n) is 2.91. The van der Waals surface area contributed by atoms with Crippen molar-refractivity contribution in [1.82, 2.24) is 15.5 Å². The number of H-pyrrole nitrogens is 1. The molecule has 26 heavy (non-hydrogen) atoms. The second-order valence-electron chi connectivity index (χ2n) is 5.92. The summed E-state index contributed by atoms with van der Waals surface area (Å²) >= 11 is 6.14. The van der Waals surface area contributed by atoms with Crippen molar-refractivity contribution in [3.63, 3.8) is 0 Å². The third-order valence-corrected chi connectivity index (χ3v) is 4.57. The molecule has 0 aliphatic carbocycles. The topological polar surface area (TPSA) is 70.9 Å². The second kappa shape index (κ2) is 7.06. The summed E-state index contributed by atoms with van der Waals surface area (Å²) in [5.74, 6) is 0.198. The highest BCUT2D eigenvalue weighted by Crippen LogP contribution is 2.27. The first kappa shape index (κ1) is 16.4. The molecule has 2 heterocycles. The molecule has 0 saturated carbocycles. The number of aromatic amines is 1. The number of benzene rings is 2. The molecule has 0 radical (unpaired) electrons. The fourth-order valence-corrected chi connectivity index (χ4v) is 3.14. The van der Waals surface area contributed by atoms with Crippen LogP contribution in [0.5, 0.6) is 0 Å². The van der Waals surface area contributed by atoms with Crippen LogP contribution < -0.4 is 5.32 Å². The lowest BCUT2D eigenvalue weighted by molar-refractivity contribution is 0.0945. The maximum Gasteiger partial charge on any atom is 0.273 e. The lowest BCUT2D eigenvalue weighted by Gasteiger charge is -2.02. The normalized spacial score (nSPS) is 11.0. The van der Waals surface area contributed by atoms with Crippen LogP contribution in [-0.4, -0.2) is 22.6 Å². The van der Waals surface area contributed by atoms with Crippen molar-refractivity contribution >= 4 is 28.4 Å². The van der Waals surface area contributed by atoms with Crippen LogP contribution in [0.1, 0.15) is 16.1 Å². The zero-order valence-electron chi connectivity index (χ0n) is 13.8. The summed E-state index contributed by atoms with van der Waals surface area (Å²) in [5, 5.41) is 8.44. The molecule has 6 heteroatoms. The Labute approximate surface area is 155 Å². The molecule has 2 N–H and O–H groups in total. The van der Waals surface area contributed by atoms with Gasteiger partial charge in [0.1, 0.15) is 0 Å². The van der Waals surface area contributed by atoms with E-state index in [4.69, 9.17) is 16.1 Å². The van der Waals surface area contributed by atoms with Crippen LogP contribution in [0.15, 0.2) is 65.3 Å². The smallest absolute Gasteiger partial charge is 0.273 e. The molecule has 0 bridgehead atoms. The summed E-state index contributed by atoms with van der Waals surface area (Å²) in [6.45, 7) is 0.509. The molecule has 130 valence electrons. The first-order valence-corrected chi connectivity index (χ1v) is 8.65. The summed E-state index contributed by atoms with van der Waals surface area (Å²) in [4.78, 5) is 15.5. The number of nitrogens with one attached hydrogen (secondary N) is 2. The van der Waals surface area contributed by atoms with Gasteiger partial charge < -0.3 is 14.8 Å². The van der Waals surface area contributed by atoms with E-state index < -0.39 is 0 Å². The van der Waals surface area contributed by atoms with Crippen molar-refractivity contribution in [3.8, 4) is 11.3 Å². The number of fused-ring (bicyclic) bond motifs is 1. The van der Waals surface area contributed by atoms with Crippen molar-refractivity contribution in [1.29, 1.82) is 0 Å². The molecule has 0 aliphatic rings. The van der Waals surface area contributed by atoms with E-state index in [1.807, 2.05) is 42.6 Å². The predicted molar refractivity (Wildman–Crippen MR) is 101 cm³/mol. The molecule has 4 rings (SSSR count). The Morgan fingerprint density at radius 2 is 1.96 bits per heavy atom. The van der Waals surface area contributed by atoms with Crippen LogP contribution in [0.25, 0.3) is 22.2 Å². The molecule has 0 atom stereocenters. The third kappa shape index (κ3) is 3.21. The van der Waals surface area contributed by atoms with Crippen LogP contribution in [0.3, 0.4) is 0 Å². The molecule has 0 spiro atoms. The van der Waals surface area contributed by atoms with Crippen molar-refractivity contribution in [2.24, 2.45) is 0 Å². The average Bonchev–Trinajstić information content (AvgIpc) is 3.30. The Hall–Kier alpha value is -3.05. The van der Waals surface area contributed by atoms with E-state index >= 15 is 0 Å². The Balaban J connectivity index is 1.40. The van der Waals surface area contributed by atoms with Gasteiger partial charge in [-0.05, 0) is 30.2 Å². The Morgan fingerprint density at radius 1 is 1.15 bits per heavy atom. The van der Waals surface area contributed by atoms with Gasteiger partial charge in [0.25, 0.3) is 5.91 Å². The Kier molecular flexibility index (Phi) is 4.46. The van der Waals surface area contributed by atoms with E-state index in [2.05, 4.69) is 21.5 Å². The number of aromatic nitrogens is 2. The number of para-hydroxylation sites is 1. The molecule has 0 aliphatic heterocycles. The highest BCUT2D eigenvalue weighted by molar-refractivity contribution is 6.33. The number of carbonyl (C=O) groups excluding carboxylic acids is 1. The third-order valence-electron chi connectivity index (χ3n) is 4.24. The number of rotatable bonds is 5. The van der Waals surface area contributed by atoms with Crippen molar-refractivity contribution in [2.75, 3.05) is 6.54 Å². The number of amides is 1. The van der Waals surface area contributed by atoms with Gasteiger partial charge in [-0.25, -0.2) is 0 Å². The first-order valence-electron chi connectivity index (χ1n) is 8.27. The quantitative estimate of drug-likeness (QED) is 0.549. The highest BCUT2D eigenvalue weighted by Gasteiger charge is 2.15. The number of hydrogen-bond acceptors (Lipinski definition) is 3. The Bertz CT molecular complexity index is 1070. The average molecular weight is 366 g/mol. The van der Waals surface area contributed by atoms with Crippen LogP contribution in [0, 0.1) is 0 Å². The molecular weight excluding hydrogens is 350 g/mol. The number of hydrogen-bond donors (Lipinski definition) is 2. The maximum absolute atomic E-state index is 12.3. The standard InChI is InChI=1S/C20H16ClN3O2/c21-16-7-3-1-6-15(16)19-11-18(24-26-19)20(25)22-10-9-13-12-23-17-8-4-2-5-14(13)17/h1-8,11-12,23H,9-10H2,(H,22,25). The number of carbonyl (C=O) groups is 1. The monoisotopic (exact) mass is 365 g/mol. The van der Waals surface area contributed by atoms with Gasteiger partial charge in [0.15, 0.2) is 11.5 Å². The SMILES string of the molecule is O=C(NCCc1c[nH]c2ccccc12)c1cc(-c2ccccc2Cl)on1. The molecule has 0 fully saturated rings.